The fourth-order valence-electron chi connectivity index (χ4n) is 3.26. The SMILES string of the molecule is CCN1CCN(Cc2ccccn2)CCN(Cc2ccccn2)CC1. The van der Waals surface area contributed by atoms with E-state index in [0.717, 1.165) is 70.3 Å². The average molecular weight is 339 g/mol. The lowest BCUT2D eigenvalue weighted by Gasteiger charge is -2.25. The Morgan fingerprint density at radius 3 is 1.48 bits per heavy atom. The molecule has 134 valence electrons. The minimum atomic E-state index is 0.926. The van der Waals surface area contributed by atoms with E-state index in [1.54, 1.807) is 0 Å². The lowest BCUT2D eigenvalue weighted by Crippen LogP contribution is -2.35. The number of hydrogen-bond donors (Lipinski definition) is 0. The quantitative estimate of drug-likeness (QED) is 0.834. The molecule has 0 aromatic carbocycles. The van der Waals surface area contributed by atoms with Crippen LogP contribution in [0.15, 0.2) is 48.8 Å². The van der Waals surface area contributed by atoms with Crippen molar-refractivity contribution in [3.8, 4) is 0 Å². The lowest BCUT2D eigenvalue weighted by atomic mass is 10.3. The van der Waals surface area contributed by atoms with Crippen LogP contribution in [0, 0.1) is 0 Å². The number of nitrogens with zero attached hydrogens (tertiary/aromatic N) is 5. The zero-order chi connectivity index (χ0) is 17.3. The van der Waals surface area contributed by atoms with E-state index in [0.29, 0.717) is 0 Å². The van der Waals surface area contributed by atoms with Crippen LogP contribution in [0.2, 0.25) is 0 Å². The fraction of sp³-hybridized carbons (Fsp3) is 0.500. The second kappa shape index (κ2) is 9.61. The first-order valence-electron chi connectivity index (χ1n) is 9.30. The van der Waals surface area contributed by atoms with Crippen molar-refractivity contribution in [2.24, 2.45) is 0 Å². The molecule has 0 radical (unpaired) electrons. The van der Waals surface area contributed by atoms with Gasteiger partial charge in [0.05, 0.1) is 11.4 Å². The highest BCUT2D eigenvalue weighted by Gasteiger charge is 2.16. The van der Waals surface area contributed by atoms with Crippen LogP contribution in [0.25, 0.3) is 0 Å². The Morgan fingerprint density at radius 2 is 1.12 bits per heavy atom. The van der Waals surface area contributed by atoms with Gasteiger partial charge in [0, 0.05) is 64.8 Å². The van der Waals surface area contributed by atoms with Crippen LogP contribution in [-0.2, 0) is 13.1 Å². The Labute approximate surface area is 151 Å². The maximum atomic E-state index is 4.50. The Hall–Kier alpha value is -1.82. The summed E-state index contributed by atoms with van der Waals surface area (Å²) >= 11 is 0. The molecule has 2 aromatic heterocycles. The Kier molecular flexibility index (Phi) is 6.91. The minimum absolute atomic E-state index is 0.926. The number of hydrogen-bond acceptors (Lipinski definition) is 5. The molecule has 0 atom stereocenters. The number of likely N-dealkylation sites (N-methyl/N-ethyl adjacent to an activating group) is 1. The summed E-state index contributed by atoms with van der Waals surface area (Å²) in [7, 11) is 0. The van der Waals surface area contributed by atoms with Crippen molar-refractivity contribution in [2.45, 2.75) is 20.0 Å². The molecule has 2 aromatic rings. The van der Waals surface area contributed by atoms with E-state index >= 15 is 0 Å². The molecule has 0 saturated carbocycles. The molecule has 0 spiro atoms. The summed E-state index contributed by atoms with van der Waals surface area (Å²) in [5.74, 6) is 0. The third kappa shape index (κ3) is 5.88. The van der Waals surface area contributed by atoms with Crippen LogP contribution >= 0.6 is 0 Å². The molecule has 0 bridgehead atoms. The standard InChI is InChI=1S/C20H29N5/c1-2-23-11-13-24(17-19-7-3-5-9-21-19)15-16-25(14-12-23)18-20-8-4-6-10-22-20/h3-10H,2,11-18H2,1H3. The average Bonchev–Trinajstić information content (AvgIpc) is 2.75. The van der Waals surface area contributed by atoms with E-state index in [4.69, 9.17) is 0 Å². The van der Waals surface area contributed by atoms with E-state index in [1.807, 2.05) is 24.5 Å². The zero-order valence-corrected chi connectivity index (χ0v) is 15.2. The molecule has 1 fully saturated rings. The predicted octanol–water partition coefficient (Wildman–Crippen LogP) is 2.12. The van der Waals surface area contributed by atoms with Crippen LogP contribution in [0.5, 0.6) is 0 Å². The van der Waals surface area contributed by atoms with Crippen LogP contribution < -0.4 is 0 Å². The molecule has 1 saturated heterocycles. The first kappa shape index (κ1) is 18.0. The topological polar surface area (TPSA) is 35.5 Å². The molecular weight excluding hydrogens is 310 g/mol. The summed E-state index contributed by atoms with van der Waals surface area (Å²) in [6.45, 7) is 11.8. The van der Waals surface area contributed by atoms with Crippen molar-refractivity contribution < 1.29 is 0 Å². The van der Waals surface area contributed by atoms with Gasteiger partial charge in [-0.05, 0) is 30.8 Å². The number of aromatic nitrogens is 2. The molecule has 0 N–H and O–H groups in total. The van der Waals surface area contributed by atoms with Gasteiger partial charge < -0.3 is 4.90 Å². The van der Waals surface area contributed by atoms with Crippen molar-refractivity contribution in [1.29, 1.82) is 0 Å². The van der Waals surface area contributed by atoms with Gasteiger partial charge in [-0.2, -0.15) is 0 Å². The summed E-state index contributed by atoms with van der Waals surface area (Å²) < 4.78 is 0. The van der Waals surface area contributed by atoms with Crippen molar-refractivity contribution in [2.75, 3.05) is 45.8 Å². The third-order valence-corrected chi connectivity index (χ3v) is 4.87. The van der Waals surface area contributed by atoms with Gasteiger partial charge in [0.25, 0.3) is 0 Å². The van der Waals surface area contributed by atoms with Crippen molar-refractivity contribution >= 4 is 0 Å². The highest BCUT2D eigenvalue weighted by molar-refractivity contribution is 5.04. The van der Waals surface area contributed by atoms with Gasteiger partial charge >= 0.3 is 0 Å². The summed E-state index contributed by atoms with van der Waals surface area (Å²) in [6.07, 6.45) is 3.77. The summed E-state index contributed by atoms with van der Waals surface area (Å²) in [4.78, 5) is 16.6. The summed E-state index contributed by atoms with van der Waals surface area (Å²) in [6, 6.07) is 12.4. The van der Waals surface area contributed by atoms with Crippen molar-refractivity contribution in [1.82, 2.24) is 24.7 Å². The van der Waals surface area contributed by atoms with Gasteiger partial charge in [-0.25, -0.2) is 0 Å². The molecule has 0 amide bonds. The highest BCUT2D eigenvalue weighted by atomic mass is 15.3. The first-order valence-corrected chi connectivity index (χ1v) is 9.30. The molecule has 3 heterocycles. The Balaban J connectivity index is 1.64. The fourth-order valence-corrected chi connectivity index (χ4v) is 3.26. The Morgan fingerprint density at radius 1 is 0.680 bits per heavy atom. The van der Waals surface area contributed by atoms with Gasteiger partial charge in [0.2, 0.25) is 0 Å². The zero-order valence-electron chi connectivity index (χ0n) is 15.2. The molecule has 5 nitrogen and oxygen atoms in total. The van der Waals surface area contributed by atoms with E-state index < -0.39 is 0 Å². The van der Waals surface area contributed by atoms with Crippen molar-refractivity contribution in [3.63, 3.8) is 0 Å². The molecular formula is C20H29N5. The number of rotatable bonds is 5. The molecule has 3 rings (SSSR count). The number of pyridine rings is 2. The molecule has 0 aliphatic carbocycles. The molecule has 25 heavy (non-hydrogen) atoms. The molecule has 1 aliphatic heterocycles. The van der Waals surface area contributed by atoms with E-state index in [-0.39, 0.29) is 0 Å². The summed E-state index contributed by atoms with van der Waals surface area (Å²) in [5, 5.41) is 0. The van der Waals surface area contributed by atoms with Crippen LogP contribution in [0.1, 0.15) is 18.3 Å². The van der Waals surface area contributed by atoms with E-state index in [2.05, 4.69) is 55.9 Å². The van der Waals surface area contributed by atoms with Gasteiger partial charge in [0.1, 0.15) is 0 Å². The van der Waals surface area contributed by atoms with Crippen LogP contribution in [0.3, 0.4) is 0 Å². The van der Waals surface area contributed by atoms with Gasteiger partial charge in [-0.3, -0.25) is 19.8 Å². The Bertz CT molecular complexity index is 550. The second-order valence-corrected chi connectivity index (χ2v) is 6.63. The smallest absolute Gasteiger partial charge is 0.0543 e. The van der Waals surface area contributed by atoms with Gasteiger partial charge in [0.15, 0.2) is 0 Å². The normalized spacial score (nSPS) is 18.4. The highest BCUT2D eigenvalue weighted by Crippen LogP contribution is 2.07. The predicted molar refractivity (Wildman–Crippen MR) is 101 cm³/mol. The van der Waals surface area contributed by atoms with E-state index in [9.17, 15) is 0 Å². The van der Waals surface area contributed by atoms with Gasteiger partial charge in [-0.15, -0.1) is 0 Å². The molecule has 0 unspecified atom stereocenters. The maximum Gasteiger partial charge on any atom is 0.0543 e. The summed E-state index contributed by atoms with van der Waals surface area (Å²) in [5.41, 5.74) is 2.31. The van der Waals surface area contributed by atoms with Crippen LogP contribution in [0.4, 0.5) is 0 Å². The lowest BCUT2D eigenvalue weighted by molar-refractivity contribution is 0.207. The maximum absolute atomic E-state index is 4.50. The largest absolute Gasteiger partial charge is 0.301 e. The second-order valence-electron chi connectivity index (χ2n) is 6.63. The van der Waals surface area contributed by atoms with Crippen molar-refractivity contribution in [3.05, 3.63) is 60.2 Å². The van der Waals surface area contributed by atoms with Gasteiger partial charge in [-0.1, -0.05) is 19.1 Å². The first-order chi connectivity index (χ1) is 12.3. The molecule has 5 heteroatoms. The minimum Gasteiger partial charge on any atom is -0.301 e. The third-order valence-electron chi connectivity index (χ3n) is 4.87. The van der Waals surface area contributed by atoms with Crippen LogP contribution in [-0.4, -0.2) is 70.5 Å². The molecule has 1 aliphatic rings. The van der Waals surface area contributed by atoms with E-state index in [1.165, 1.54) is 0 Å². The monoisotopic (exact) mass is 339 g/mol.